The molecule has 1 amide bonds. The van der Waals surface area contributed by atoms with Crippen molar-refractivity contribution in [2.24, 2.45) is 5.10 Å². The number of rotatable bonds is 6. The SMILES string of the molecule is O=C(NN=Cc1cc(Br)c(OCc2cccc(F)c2)c(Br)c1)c1cccnc1Cl. The molecule has 0 spiro atoms. The Morgan fingerprint density at radius 2 is 1.97 bits per heavy atom. The van der Waals surface area contributed by atoms with Crippen molar-refractivity contribution in [3.05, 3.63) is 91.3 Å². The standard InChI is InChI=1S/C20H13Br2ClFN3O2/c21-16-8-13(10-26-27-20(28)15-5-2-6-25-19(15)23)9-17(22)18(16)29-11-12-3-1-4-14(24)7-12/h1-10H,11H2,(H,27,28). The summed E-state index contributed by atoms with van der Waals surface area (Å²) in [5.74, 6) is -0.212. The molecule has 5 nitrogen and oxygen atoms in total. The smallest absolute Gasteiger partial charge is 0.274 e. The van der Waals surface area contributed by atoms with Crippen LogP contribution in [0, 0.1) is 5.82 Å². The van der Waals surface area contributed by atoms with Gasteiger partial charge in [-0.2, -0.15) is 5.10 Å². The predicted molar refractivity (Wildman–Crippen MR) is 117 cm³/mol. The van der Waals surface area contributed by atoms with Crippen LogP contribution in [0.15, 0.2) is 68.8 Å². The maximum absolute atomic E-state index is 13.3. The minimum Gasteiger partial charge on any atom is -0.487 e. The normalized spacial score (nSPS) is 10.9. The Labute approximate surface area is 188 Å². The maximum atomic E-state index is 13.3. The van der Waals surface area contributed by atoms with E-state index < -0.39 is 5.91 Å². The minimum absolute atomic E-state index is 0.102. The van der Waals surface area contributed by atoms with Gasteiger partial charge in [0.1, 0.15) is 23.3 Å². The second kappa shape index (κ2) is 9.96. The quantitative estimate of drug-likeness (QED) is 0.246. The van der Waals surface area contributed by atoms with E-state index in [0.717, 1.165) is 0 Å². The molecule has 3 aromatic rings. The van der Waals surface area contributed by atoms with Gasteiger partial charge >= 0.3 is 0 Å². The van der Waals surface area contributed by atoms with Crippen LogP contribution in [-0.4, -0.2) is 17.1 Å². The zero-order chi connectivity index (χ0) is 20.8. The molecule has 0 aliphatic carbocycles. The summed E-state index contributed by atoms with van der Waals surface area (Å²) in [7, 11) is 0. The predicted octanol–water partition coefficient (Wildman–Crippen LogP) is 5.74. The highest BCUT2D eigenvalue weighted by Gasteiger charge is 2.11. The number of aromatic nitrogens is 1. The van der Waals surface area contributed by atoms with E-state index in [1.54, 1.807) is 36.4 Å². The topological polar surface area (TPSA) is 63.6 Å². The van der Waals surface area contributed by atoms with Crippen molar-refractivity contribution in [3.63, 3.8) is 0 Å². The van der Waals surface area contributed by atoms with Crippen LogP contribution in [0.5, 0.6) is 5.75 Å². The summed E-state index contributed by atoms with van der Waals surface area (Å²) in [5, 5.41) is 4.04. The number of ether oxygens (including phenoxy) is 1. The monoisotopic (exact) mass is 539 g/mol. The zero-order valence-electron chi connectivity index (χ0n) is 14.7. The van der Waals surface area contributed by atoms with Crippen molar-refractivity contribution in [1.29, 1.82) is 0 Å². The average Bonchev–Trinajstić information content (AvgIpc) is 2.67. The van der Waals surface area contributed by atoms with Crippen LogP contribution in [-0.2, 0) is 6.61 Å². The maximum Gasteiger partial charge on any atom is 0.274 e. The van der Waals surface area contributed by atoms with Gasteiger partial charge in [0.25, 0.3) is 5.91 Å². The van der Waals surface area contributed by atoms with Gasteiger partial charge in [0.2, 0.25) is 0 Å². The van der Waals surface area contributed by atoms with Gasteiger partial charge in [-0.15, -0.1) is 0 Å². The number of hydrogen-bond donors (Lipinski definition) is 1. The summed E-state index contributed by atoms with van der Waals surface area (Å²) >= 11 is 12.8. The fourth-order valence-electron chi connectivity index (χ4n) is 2.36. The van der Waals surface area contributed by atoms with Gasteiger partial charge in [-0.05, 0) is 79.4 Å². The highest BCUT2D eigenvalue weighted by molar-refractivity contribution is 9.11. The number of carbonyl (C=O) groups is 1. The van der Waals surface area contributed by atoms with Crippen LogP contribution in [0.1, 0.15) is 21.5 Å². The minimum atomic E-state index is -0.465. The van der Waals surface area contributed by atoms with Gasteiger partial charge in [-0.3, -0.25) is 4.79 Å². The van der Waals surface area contributed by atoms with Crippen molar-refractivity contribution in [3.8, 4) is 5.75 Å². The lowest BCUT2D eigenvalue weighted by atomic mass is 10.2. The number of hydrogen-bond acceptors (Lipinski definition) is 4. The first-order chi connectivity index (χ1) is 13.9. The largest absolute Gasteiger partial charge is 0.487 e. The number of nitrogens with zero attached hydrogens (tertiary/aromatic N) is 2. The number of pyridine rings is 1. The Morgan fingerprint density at radius 1 is 1.21 bits per heavy atom. The molecule has 0 aliphatic heterocycles. The molecule has 1 aromatic heterocycles. The Balaban J connectivity index is 1.66. The van der Waals surface area contributed by atoms with E-state index in [4.69, 9.17) is 16.3 Å². The highest BCUT2D eigenvalue weighted by Crippen LogP contribution is 2.35. The van der Waals surface area contributed by atoms with Gasteiger partial charge in [-0.1, -0.05) is 23.7 Å². The molecule has 148 valence electrons. The zero-order valence-corrected chi connectivity index (χ0v) is 18.6. The third-order valence-electron chi connectivity index (χ3n) is 3.68. The third-order valence-corrected chi connectivity index (χ3v) is 5.16. The summed E-state index contributed by atoms with van der Waals surface area (Å²) in [6.07, 6.45) is 2.98. The molecule has 0 radical (unpaired) electrons. The highest BCUT2D eigenvalue weighted by atomic mass is 79.9. The first-order valence-electron chi connectivity index (χ1n) is 8.24. The number of carbonyl (C=O) groups excluding carboxylic acids is 1. The van der Waals surface area contributed by atoms with E-state index in [0.29, 0.717) is 25.8 Å². The molecule has 29 heavy (non-hydrogen) atoms. The van der Waals surface area contributed by atoms with Gasteiger partial charge in [0.05, 0.1) is 20.7 Å². The molecule has 3 rings (SSSR count). The van der Waals surface area contributed by atoms with E-state index in [9.17, 15) is 9.18 Å². The molecule has 0 aliphatic rings. The molecular formula is C20H13Br2ClFN3O2. The van der Waals surface area contributed by atoms with Gasteiger partial charge in [0, 0.05) is 6.20 Å². The average molecular weight is 542 g/mol. The van der Waals surface area contributed by atoms with Gasteiger partial charge in [0.15, 0.2) is 0 Å². The van der Waals surface area contributed by atoms with Crippen molar-refractivity contribution >= 4 is 55.6 Å². The lowest BCUT2D eigenvalue weighted by Crippen LogP contribution is -2.18. The van der Waals surface area contributed by atoms with E-state index in [1.807, 2.05) is 0 Å². The Bertz CT molecular complexity index is 1060. The van der Waals surface area contributed by atoms with Crippen LogP contribution < -0.4 is 10.2 Å². The number of nitrogens with one attached hydrogen (secondary N) is 1. The molecule has 0 unspecified atom stereocenters. The van der Waals surface area contributed by atoms with Crippen LogP contribution in [0.4, 0.5) is 4.39 Å². The molecule has 0 atom stereocenters. The summed E-state index contributed by atoms with van der Waals surface area (Å²) in [5.41, 5.74) is 4.06. The molecule has 1 heterocycles. The van der Waals surface area contributed by atoms with E-state index in [-0.39, 0.29) is 23.1 Å². The van der Waals surface area contributed by atoms with Gasteiger partial charge < -0.3 is 4.74 Å². The summed E-state index contributed by atoms with van der Waals surface area (Å²) in [4.78, 5) is 15.9. The number of halogens is 4. The summed E-state index contributed by atoms with van der Waals surface area (Å²) in [6.45, 7) is 0.213. The molecule has 0 saturated heterocycles. The van der Waals surface area contributed by atoms with Crippen LogP contribution in [0.25, 0.3) is 0 Å². The summed E-state index contributed by atoms with van der Waals surface area (Å²) in [6, 6.07) is 12.9. The Kier molecular flexibility index (Phi) is 7.35. The van der Waals surface area contributed by atoms with E-state index in [1.165, 1.54) is 24.5 Å². The molecule has 0 fully saturated rings. The number of benzene rings is 2. The van der Waals surface area contributed by atoms with Crippen molar-refractivity contribution < 1.29 is 13.9 Å². The molecule has 2 aromatic carbocycles. The van der Waals surface area contributed by atoms with E-state index >= 15 is 0 Å². The first-order valence-corrected chi connectivity index (χ1v) is 10.2. The fraction of sp³-hybridized carbons (Fsp3) is 0.0500. The Hall–Kier alpha value is -2.29. The second-order valence-corrected chi connectivity index (χ2v) is 7.84. The van der Waals surface area contributed by atoms with Crippen LogP contribution >= 0.6 is 43.5 Å². The molecule has 0 saturated carbocycles. The molecule has 1 N–H and O–H groups in total. The number of amides is 1. The molecular weight excluding hydrogens is 528 g/mol. The van der Waals surface area contributed by atoms with Crippen molar-refractivity contribution in [2.75, 3.05) is 0 Å². The lowest BCUT2D eigenvalue weighted by molar-refractivity contribution is 0.0955. The van der Waals surface area contributed by atoms with Crippen molar-refractivity contribution in [1.82, 2.24) is 10.4 Å². The van der Waals surface area contributed by atoms with Gasteiger partial charge in [-0.25, -0.2) is 14.8 Å². The Morgan fingerprint density at radius 3 is 2.66 bits per heavy atom. The molecule has 9 heteroatoms. The number of hydrazone groups is 1. The van der Waals surface area contributed by atoms with Crippen LogP contribution in [0.3, 0.4) is 0 Å². The second-order valence-electron chi connectivity index (χ2n) is 5.77. The van der Waals surface area contributed by atoms with Crippen molar-refractivity contribution in [2.45, 2.75) is 6.61 Å². The third kappa shape index (κ3) is 5.85. The summed E-state index contributed by atoms with van der Waals surface area (Å²) < 4.78 is 20.4. The fourth-order valence-corrected chi connectivity index (χ4v) is 4.01. The first kappa shape index (κ1) is 21.4. The van der Waals surface area contributed by atoms with E-state index in [2.05, 4.69) is 47.4 Å². The van der Waals surface area contributed by atoms with Crippen LogP contribution in [0.2, 0.25) is 5.15 Å². The molecule has 0 bridgehead atoms. The lowest BCUT2D eigenvalue weighted by Gasteiger charge is -2.11.